The molecule has 0 aliphatic carbocycles. The van der Waals surface area contributed by atoms with Crippen molar-refractivity contribution in [2.75, 3.05) is 13.1 Å². The van der Waals surface area contributed by atoms with Gasteiger partial charge in [0.25, 0.3) is 5.91 Å². The van der Waals surface area contributed by atoms with E-state index in [2.05, 4.69) is 16.1 Å². The number of rotatable bonds is 7. The molecule has 1 aromatic carbocycles. The van der Waals surface area contributed by atoms with Crippen LogP contribution in [0.2, 0.25) is 0 Å². The SMILES string of the molecule is O=C(NCCNC(=O)c1ccco1)NOCc1ccccc1. The molecule has 0 spiro atoms. The van der Waals surface area contributed by atoms with E-state index >= 15 is 0 Å². The molecular weight excluding hydrogens is 286 g/mol. The molecule has 3 amide bonds. The fourth-order valence-electron chi connectivity index (χ4n) is 1.64. The van der Waals surface area contributed by atoms with Crippen LogP contribution in [0.1, 0.15) is 16.1 Å². The highest BCUT2D eigenvalue weighted by atomic mass is 16.7. The first kappa shape index (κ1) is 15.6. The Balaban J connectivity index is 1.53. The summed E-state index contributed by atoms with van der Waals surface area (Å²) in [5, 5.41) is 5.16. The van der Waals surface area contributed by atoms with Crippen LogP contribution in [0.25, 0.3) is 0 Å². The van der Waals surface area contributed by atoms with E-state index in [1.807, 2.05) is 30.3 Å². The summed E-state index contributed by atoms with van der Waals surface area (Å²) >= 11 is 0. The molecule has 22 heavy (non-hydrogen) atoms. The van der Waals surface area contributed by atoms with E-state index in [1.54, 1.807) is 12.1 Å². The Kier molecular flexibility index (Phi) is 6.01. The monoisotopic (exact) mass is 303 g/mol. The smallest absolute Gasteiger partial charge is 0.338 e. The molecule has 2 rings (SSSR count). The second-order valence-electron chi connectivity index (χ2n) is 4.37. The quantitative estimate of drug-likeness (QED) is 0.533. The number of urea groups is 1. The van der Waals surface area contributed by atoms with Gasteiger partial charge in [-0.25, -0.2) is 10.3 Å². The molecule has 0 saturated heterocycles. The lowest BCUT2D eigenvalue weighted by Crippen LogP contribution is -2.40. The Bertz CT molecular complexity index is 584. The molecule has 0 aliphatic heterocycles. The van der Waals surface area contributed by atoms with Crippen molar-refractivity contribution in [3.05, 3.63) is 60.1 Å². The van der Waals surface area contributed by atoms with Gasteiger partial charge < -0.3 is 15.1 Å². The number of carbonyl (C=O) groups excluding carboxylic acids is 2. The second kappa shape index (κ2) is 8.48. The van der Waals surface area contributed by atoms with Crippen molar-refractivity contribution in [3.63, 3.8) is 0 Å². The third kappa shape index (κ3) is 5.29. The standard InChI is InChI=1S/C15H17N3O4/c19-14(13-7-4-10-21-13)16-8-9-17-15(20)18-22-11-12-5-2-1-3-6-12/h1-7,10H,8-9,11H2,(H,16,19)(H2,17,18,20). The average Bonchev–Trinajstić information content (AvgIpc) is 3.07. The molecule has 0 unspecified atom stereocenters. The fourth-order valence-corrected chi connectivity index (χ4v) is 1.64. The number of hydrogen-bond donors (Lipinski definition) is 3. The van der Waals surface area contributed by atoms with Gasteiger partial charge in [-0.1, -0.05) is 30.3 Å². The third-order valence-corrected chi connectivity index (χ3v) is 2.69. The van der Waals surface area contributed by atoms with Crippen LogP contribution in [-0.2, 0) is 11.4 Å². The minimum atomic E-state index is -0.469. The molecule has 0 bridgehead atoms. The minimum Gasteiger partial charge on any atom is -0.459 e. The third-order valence-electron chi connectivity index (χ3n) is 2.69. The van der Waals surface area contributed by atoms with Crippen LogP contribution in [-0.4, -0.2) is 25.0 Å². The predicted octanol–water partition coefficient (Wildman–Crippen LogP) is 1.44. The molecule has 7 nitrogen and oxygen atoms in total. The molecule has 0 aliphatic rings. The predicted molar refractivity (Wildman–Crippen MR) is 78.8 cm³/mol. The summed E-state index contributed by atoms with van der Waals surface area (Å²) in [6.45, 7) is 0.835. The van der Waals surface area contributed by atoms with Gasteiger partial charge in [-0.05, 0) is 17.7 Å². The zero-order valence-electron chi connectivity index (χ0n) is 11.9. The first-order valence-electron chi connectivity index (χ1n) is 6.77. The first-order chi connectivity index (χ1) is 10.8. The van der Waals surface area contributed by atoms with E-state index in [1.165, 1.54) is 6.26 Å². The molecule has 7 heteroatoms. The minimum absolute atomic E-state index is 0.232. The van der Waals surface area contributed by atoms with Gasteiger partial charge >= 0.3 is 6.03 Å². The summed E-state index contributed by atoms with van der Waals surface area (Å²) < 4.78 is 4.94. The molecule has 0 saturated carbocycles. The van der Waals surface area contributed by atoms with Gasteiger partial charge in [-0.15, -0.1) is 0 Å². The number of hydroxylamine groups is 1. The zero-order chi connectivity index (χ0) is 15.6. The summed E-state index contributed by atoms with van der Waals surface area (Å²) in [6, 6.07) is 12.2. The van der Waals surface area contributed by atoms with Gasteiger partial charge in [0.1, 0.15) is 0 Å². The van der Waals surface area contributed by atoms with E-state index in [0.29, 0.717) is 0 Å². The van der Waals surface area contributed by atoms with Crippen molar-refractivity contribution in [2.24, 2.45) is 0 Å². The van der Waals surface area contributed by atoms with Crippen molar-refractivity contribution < 1.29 is 18.8 Å². The Morgan fingerprint density at radius 3 is 2.50 bits per heavy atom. The summed E-state index contributed by atoms with van der Waals surface area (Å²) in [5.74, 6) is -0.0943. The van der Waals surface area contributed by atoms with Crippen LogP contribution in [0.5, 0.6) is 0 Å². The second-order valence-corrected chi connectivity index (χ2v) is 4.37. The van der Waals surface area contributed by atoms with E-state index in [9.17, 15) is 9.59 Å². The van der Waals surface area contributed by atoms with Crippen molar-refractivity contribution >= 4 is 11.9 Å². The van der Waals surface area contributed by atoms with Crippen LogP contribution in [0.15, 0.2) is 53.1 Å². The van der Waals surface area contributed by atoms with Crippen LogP contribution >= 0.6 is 0 Å². The largest absolute Gasteiger partial charge is 0.459 e. The topological polar surface area (TPSA) is 92.6 Å². The van der Waals surface area contributed by atoms with Gasteiger partial charge in [-0.2, -0.15) is 0 Å². The van der Waals surface area contributed by atoms with Crippen molar-refractivity contribution in [1.29, 1.82) is 0 Å². The summed E-state index contributed by atoms with van der Waals surface area (Å²) in [7, 11) is 0. The van der Waals surface area contributed by atoms with Crippen LogP contribution in [0.3, 0.4) is 0 Å². The van der Waals surface area contributed by atoms with Gasteiger partial charge in [0, 0.05) is 13.1 Å². The van der Waals surface area contributed by atoms with E-state index < -0.39 is 6.03 Å². The van der Waals surface area contributed by atoms with Gasteiger partial charge in [0.15, 0.2) is 5.76 Å². The first-order valence-corrected chi connectivity index (χ1v) is 6.77. The molecular formula is C15H17N3O4. The summed E-state index contributed by atoms with van der Waals surface area (Å²) in [4.78, 5) is 28.0. The number of hydrogen-bond acceptors (Lipinski definition) is 4. The molecule has 116 valence electrons. The van der Waals surface area contributed by atoms with E-state index in [4.69, 9.17) is 9.25 Å². The Morgan fingerprint density at radius 2 is 1.77 bits per heavy atom. The lowest BCUT2D eigenvalue weighted by atomic mass is 10.2. The maximum Gasteiger partial charge on any atom is 0.338 e. The Morgan fingerprint density at radius 1 is 1.00 bits per heavy atom. The van der Waals surface area contributed by atoms with E-state index in [0.717, 1.165) is 5.56 Å². The maximum atomic E-state index is 11.5. The van der Waals surface area contributed by atoms with Gasteiger partial charge in [-0.3, -0.25) is 9.63 Å². The highest BCUT2D eigenvalue weighted by Gasteiger charge is 2.07. The highest BCUT2D eigenvalue weighted by Crippen LogP contribution is 1.99. The summed E-state index contributed by atoms with van der Waals surface area (Å²) in [6.07, 6.45) is 1.42. The summed E-state index contributed by atoms with van der Waals surface area (Å²) in [5.41, 5.74) is 3.22. The molecule has 1 aromatic heterocycles. The zero-order valence-corrected chi connectivity index (χ0v) is 11.9. The van der Waals surface area contributed by atoms with Crippen molar-refractivity contribution in [2.45, 2.75) is 6.61 Å². The number of furan rings is 1. The Labute approximate surface area is 127 Å². The van der Waals surface area contributed by atoms with Crippen molar-refractivity contribution in [1.82, 2.24) is 16.1 Å². The molecule has 0 atom stereocenters. The Hall–Kier alpha value is -2.80. The molecule has 1 heterocycles. The lowest BCUT2D eigenvalue weighted by Gasteiger charge is -2.08. The van der Waals surface area contributed by atoms with Gasteiger partial charge in [0.05, 0.1) is 12.9 Å². The normalized spacial score (nSPS) is 10.0. The number of nitrogens with one attached hydrogen (secondary N) is 3. The van der Waals surface area contributed by atoms with Gasteiger partial charge in [0.2, 0.25) is 0 Å². The maximum absolute atomic E-state index is 11.5. The fraction of sp³-hybridized carbons (Fsp3) is 0.200. The molecule has 0 radical (unpaired) electrons. The van der Waals surface area contributed by atoms with Crippen LogP contribution < -0.4 is 16.1 Å². The number of amides is 3. The molecule has 2 aromatic rings. The van der Waals surface area contributed by atoms with E-state index in [-0.39, 0.29) is 31.4 Å². The molecule has 3 N–H and O–H groups in total. The highest BCUT2D eigenvalue weighted by molar-refractivity contribution is 5.91. The van der Waals surface area contributed by atoms with Crippen LogP contribution in [0.4, 0.5) is 4.79 Å². The van der Waals surface area contributed by atoms with Crippen LogP contribution in [0, 0.1) is 0 Å². The number of carbonyl (C=O) groups is 2. The van der Waals surface area contributed by atoms with Crippen molar-refractivity contribution in [3.8, 4) is 0 Å². The average molecular weight is 303 g/mol. The lowest BCUT2D eigenvalue weighted by molar-refractivity contribution is 0.0491. The number of benzene rings is 1. The molecule has 0 fully saturated rings.